The Morgan fingerprint density at radius 1 is 0.818 bits per heavy atom. The van der Waals surface area contributed by atoms with E-state index in [1.807, 2.05) is 18.2 Å². The minimum absolute atomic E-state index is 0.0341. The fourth-order valence-electron chi connectivity index (χ4n) is 3.20. The summed E-state index contributed by atoms with van der Waals surface area (Å²) in [6.07, 6.45) is 2.43. The van der Waals surface area contributed by atoms with Crippen molar-refractivity contribution < 1.29 is 5.11 Å². The zero-order valence-electron chi connectivity index (χ0n) is 21.1. The molecule has 0 amide bonds. The minimum Gasteiger partial charge on any atom is -0.398 e. The molecule has 0 aromatic heterocycles. The molecule has 0 aliphatic heterocycles. The van der Waals surface area contributed by atoms with Crippen LogP contribution < -0.4 is 10.5 Å². The molecule has 0 atom stereocenters. The van der Waals surface area contributed by atoms with Crippen molar-refractivity contribution in [3.63, 3.8) is 0 Å². The molecule has 33 heavy (non-hydrogen) atoms. The lowest BCUT2D eigenvalue weighted by Crippen LogP contribution is -2.29. The van der Waals surface area contributed by atoms with Gasteiger partial charge in [-0.25, -0.2) is 0 Å². The number of benzene rings is 3. The van der Waals surface area contributed by atoms with Crippen molar-refractivity contribution in [3.05, 3.63) is 84.4 Å². The Morgan fingerprint density at radius 3 is 1.70 bits per heavy atom. The molecule has 0 saturated heterocycles. The molecular weight excluding hydrogens is 444 g/mol. The molecule has 0 saturated carbocycles. The van der Waals surface area contributed by atoms with Crippen LogP contribution in [0.25, 0.3) is 0 Å². The van der Waals surface area contributed by atoms with Crippen LogP contribution in [0, 0.1) is 0 Å². The van der Waals surface area contributed by atoms with Crippen molar-refractivity contribution in [2.45, 2.75) is 73.1 Å². The molecule has 3 nitrogen and oxygen atoms in total. The summed E-state index contributed by atoms with van der Waals surface area (Å²) in [5.41, 5.74) is 7.47. The number of aliphatic hydroxyl groups excluding tert-OH is 1. The molecule has 0 unspecified atom stereocenters. The Kier molecular flexibility index (Phi) is 9.50. The lowest BCUT2D eigenvalue weighted by Gasteiger charge is -2.48. The van der Waals surface area contributed by atoms with E-state index in [0.717, 1.165) is 16.1 Å². The molecule has 0 aliphatic carbocycles. The normalized spacial score (nSPS) is 12.6. The monoisotopic (exact) mass is 484 g/mol. The standard InChI is InChI=1S/C17H22S.C11H18N2OS/c1-17(2,3)18(4,15-11-7-5-8-12-15)16-13-9-6-10-14-16;1-11(2,3)13-15-10-6-8(7-14)4-5-9(10)12/h5-14H,1-4H3;4-6,13-14H,7,12H2,1-3H3. The molecule has 3 aromatic rings. The third kappa shape index (κ3) is 7.54. The van der Waals surface area contributed by atoms with Crippen molar-refractivity contribution in [3.8, 4) is 0 Å². The Morgan fingerprint density at radius 2 is 1.30 bits per heavy atom. The highest BCUT2D eigenvalue weighted by Gasteiger charge is 2.35. The maximum atomic E-state index is 9.01. The number of nitrogens with two attached hydrogens (primary N) is 1. The first kappa shape index (κ1) is 27.3. The van der Waals surface area contributed by atoms with E-state index in [4.69, 9.17) is 10.8 Å². The van der Waals surface area contributed by atoms with Crippen LogP contribution in [0.4, 0.5) is 5.69 Å². The molecule has 0 bridgehead atoms. The van der Waals surface area contributed by atoms with Gasteiger partial charge in [0.25, 0.3) is 0 Å². The quantitative estimate of drug-likeness (QED) is 0.259. The Hall–Kier alpha value is -1.92. The molecule has 0 spiro atoms. The van der Waals surface area contributed by atoms with Crippen LogP contribution in [0.1, 0.15) is 47.1 Å². The van der Waals surface area contributed by atoms with Crippen LogP contribution in [0.15, 0.2) is 93.5 Å². The number of rotatable bonds is 5. The van der Waals surface area contributed by atoms with Gasteiger partial charge in [0, 0.05) is 16.1 Å². The van der Waals surface area contributed by atoms with Crippen molar-refractivity contribution in [2.24, 2.45) is 0 Å². The number of aliphatic hydroxyl groups is 1. The predicted molar refractivity (Wildman–Crippen MR) is 148 cm³/mol. The number of hydrogen-bond donors (Lipinski definition) is 3. The summed E-state index contributed by atoms with van der Waals surface area (Å²) in [4.78, 5) is 3.88. The fraction of sp³-hybridized carbons (Fsp3) is 0.357. The van der Waals surface area contributed by atoms with Gasteiger partial charge in [0.15, 0.2) is 0 Å². The van der Waals surface area contributed by atoms with E-state index >= 15 is 0 Å². The maximum Gasteiger partial charge on any atom is 0.0682 e. The lowest BCUT2D eigenvalue weighted by atomic mass is 10.1. The number of nitrogens with one attached hydrogen (secondary N) is 1. The highest BCUT2D eigenvalue weighted by Crippen LogP contribution is 2.67. The van der Waals surface area contributed by atoms with Crippen molar-refractivity contribution in [1.82, 2.24) is 4.72 Å². The third-order valence-corrected chi connectivity index (χ3v) is 11.5. The summed E-state index contributed by atoms with van der Waals surface area (Å²) in [5.74, 6) is 0. The molecule has 0 fully saturated rings. The molecule has 4 N–H and O–H groups in total. The fourth-order valence-corrected chi connectivity index (χ4v) is 7.10. The average Bonchev–Trinajstić information content (AvgIpc) is 2.78. The maximum absolute atomic E-state index is 9.01. The van der Waals surface area contributed by atoms with Gasteiger partial charge in [0.05, 0.1) is 6.61 Å². The highest BCUT2D eigenvalue weighted by molar-refractivity contribution is 8.34. The van der Waals surface area contributed by atoms with Gasteiger partial charge in [-0.1, -0.05) is 63.2 Å². The first-order chi connectivity index (χ1) is 15.4. The average molecular weight is 485 g/mol. The van der Waals surface area contributed by atoms with Gasteiger partial charge in [0.1, 0.15) is 0 Å². The van der Waals surface area contributed by atoms with Crippen LogP contribution in [0.3, 0.4) is 0 Å². The molecule has 0 aliphatic rings. The van der Waals surface area contributed by atoms with E-state index in [2.05, 4.69) is 113 Å². The van der Waals surface area contributed by atoms with Gasteiger partial charge >= 0.3 is 0 Å². The van der Waals surface area contributed by atoms with Crippen LogP contribution in [0.5, 0.6) is 0 Å². The first-order valence-corrected chi connectivity index (χ1v) is 14.1. The second kappa shape index (κ2) is 11.5. The van der Waals surface area contributed by atoms with E-state index in [-0.39, 0.29) is 16.9 Å². The summed E-state index contributed by atoms with van der Waals surface area (Å²) < 4.78 is 3.53. The van der Waals surface area contributed by atoms with Gasteiger partial charge in [-0.05, 0) is 95.5 Å². The highest BCUT2D eigenvalue weighted by atomic mass is 32.3. The third-order valence-electron chi connectivity index (χ3n) is 5.38. The topological polar surface area (TPSA) is 58.3 Å². The summed E-state index contributed by atoms with van der Waals surface area (Å²) in [5, 5.41) is 9.01. The number of nitrogen functional groups attached to an aromatic ring is 1. The summed E-state index contributed by atoms with van der Waals surface area (Å²) in [6.45, 7) is 13.4. The minimum atomic E-state index is -1.01. The van der Waals surface area contributed by atoms with Crippen molar-refractivity contribution in [1.29, 1.82) is 0 Å². The smallest absolute Gasteiger partial charge is 0.0682 e. The Labute approximate surface area is 206 Å². The second-order valence-corrected chi connectivity index (χ2v) is 15.0. The number of hydrogen-bond acceptors (Lipinski definition) is 4. The van der Waals surface area contributed by atoms with Crippen molar-refractivity contribution >= 4 is 27.7 Å². The molecule has 5 heteroatoms. The lowest BCUT2D eigenvalue weighted by molar-refractivity contribution is 0.281. The van der Waals surface area contributed by atoms with E-state index in [1.165, 1.54) is 21.7 Å². The van der Waals surface area contributed by atoms with Crippen LogP contribution >= 0.6 is 22.0 Å². The molecule has 180 valence electrons. The number of anilines is 1. The van der Waals surface area contributed by atoms with E-state index in [0.29, 0.717) is 0 Å². The molecule has 0 radical (unpaired) electrons. The Balaban J connectivity index is 0.000000238. The van der Waals surface area contributed by atoms with Crippen LogP contribution in [0.2, 0.25) is 0 Å². The molecule has 0 heterocycles. The van der Waals surface area contributed by atoms with E-state index in [1.54, 1.807) is 0 Å². The first-order valence-electron chi connectivity index (χ1n) is 11.2. The largest absolute Gasteiger partial charge is 0.398 e. The SMILES string of the molecule is CC(C)(C)NSc1cc(CO)ccc1N.CC(C)(C)S(C)(c1ccccc1)c1ccccc1. The van der Waals surface area contributed by atoms with Gasteiger partial charge < -0.3 is 10.8 Å². The summed E-state index contributed by atoms with van der Waals surface area (Å²) in [7, 11) is -1.01. The van der Waals surface area contributed by atoms with Gasteiger partial charge in [-0.15, -0.1) is 0 Å². The molecule has 3 aromatic carbocycles. The van der Waals surface area contributed by atoms with Crippen molar-refractivity contribution in [2.75, 3.05) is 12.0 Å². The van der Waals surface area contributed by atoms with Crippen LogP contribution in [-0.2, 0) is 6.61 Å². The van der Waals surface area contributed by atoms with Gasteiger partial charge in [-0.3, -0.25) is 4.72 Å². The molecule has 3 rings (SSSR count). The molecular formula is C28H40N2OS2. The van der Waals surface area contributed by atoms with E-state index < -0.39 is 10.0 Å². The summed E-state index contributed by atoms with van der Waals surface area (Å²) in [6, 6.07) is 27.4. The van der Waals surface area contributed by atoms with E-state index in [9.17, 15) is 0 Å². The second-order valence-electron chi connectivity index (χ2n) is 10.1. The van der Waals surface area contributed by atoms with Gasteiger partial charge in [0.2, 0.25) is 0 Å². The predicted octanol–water partition coefficient (Wildman–Crippen LogP) is 7.49. The summed E-state index contributed by atoms with van der Waals surface area (Å²) >= 11 is 1.50. The van der Waals surface area contributed by atoms with Gasteiger partial charge in [-0.2, -0.15) is 10.0 Å². The van der Waals surface area contributed by atoms with Crippen LogP contribution in [-0.4, -0.2) is 21.6 Å². The Bertz CT molecular complexity index is 954. The zero-order valence-corrected chi connectivity index (χ0v) is 22.7. The zero-order chi connectivity index (χ0) is 24.7.